The highest BCUT2D eigenvalue weighted by Gasteiger charge is 2.35. The van der Waals surface area contributed by atoms with Crippen LogP contribution in [0.1, 0.15) is 31.0 Å². The number of nitrogens with zero attached hydrogens (tertiary/aromatic N) is 2. The molecule has 8 nitrogen and oxygen atoms in total. The van der Waals surface area contributed by atoms with Crippen molar-refractivity contribution in [3.63, 3.8) is 0 Å². The Morgan fingerprint density at radius 3 is 2.68 bits per heavy atom. The van der Waals surface area contributed by atoms with Gasteiger partial charge in [-0.05, 0) is 43.7 Å². The lowest BCUT2D eigenvalue weighted by Crippen LogP contribution is -2.40. The quantitative estimate of drug-likeness (QED) is 0.346. The predicted octanol–water partition coefficient (Wildman–Crippen LogP) is 4.06. The predicted molar refractivity (Wildman–Crippen MR) is 146 cm³/mol. The van der Waals surface area contributed by atoms with Crippen LogP contribution < -0.4 is 24.4 Å². The van der Waals surface area contributed by atoms with Crippen LogP contribution in [0, 0.1) is 0 Å². The van der Waals surface area contributed by atoms with Gasteiger partial charge in [0.15, 0.2) is 16.3 Å². The molecule has 0 bridgehead atoms. The number of allylic oxidation sites excluding steroid dienone is 1. The summed E-state index contributed by atoms with van der Waals surface area (Å²) in [6, 6.07) is 10.6. The zero-order valence-electron chi connectivity index (χ0n) is 20.6. The number of methoxy groups -OCH3 is 2. The zero-order valence-corrected chi connectivity index (χ0v) is 23.0. The second-order valence-corrected chi connectivity index (χ2v) is 10.2. The van der Waals surface area contributed by atoms with E-state index in [0.29, 0.717) is 42.1 Å². The molecule has 0 fully saturated rings. The van der Waals surface area contributed by atoms with E-state index in [9.17, 15) is 9.59 Å². The lowest BCUT2D eigenvalue weighted by molar-refractivity contribution is -0.139. The summed E-state index contributed by atoms with van der Waals surface area (Å²) < 4.78 is 19.1. The smallest absolute Gasteiger partial charge is 0.338 e. The normalized spacial score (nSPS) is 15.5. The van der Waals surface area contributed by atoms with E-state index < -0.39 is 12.0 Å². The van der Waals surface area contributed by atoms with Crippen LogP contribution in [0.3, 0.4) is 0 Å². The van der Waals surface area contributed by atoms with Gasteiger partial charge in [0, 0.05) is 27.1 Å². The standard InChI is InChI=1S/C27H24BrN3O5S/c1-5-36-26(33)23-14(2)30-27-31(24(23)17-11-20(34-3)21(35-4)12-18(17)28)25(32)22(37-27)10-15-13-29-19-9-7-6-8-16(15)19/h6-13,24,29H,5H2,1-4H3/b22-10-/t24-/m0/s1. The third-order valence-electron chi connectivity index (χ3n) is 6.22. The number of aromatic nitrogens is 2. The van der Waals surface area contributed by atoms with Crippen molar-refractivity contribution < 1.29 is 19.0 Å². The highest BCUT2D eigenvalue weighted by molar-refractivity contribution is 9.10. The summed E-state index contributed by atoms with van der Waals surface area (Å²) in [6.07, 6.45) is 3.73. The fourth-order valence-corrected chi connectivity index (χ4v) is 6.10. The Hall–Kier alpha value is -3.63. The third-order valence-corrected chi connectivity index (χ3v) is 7.89. The van der Waals surface area contributed by atoms with Crippen LogP contribution in [0.2, 0.25) is 0 Å². The Bertz CT molecular complexity index is 1750. The van der Waals surface area contributed by atoms with Gasteiger partial charge in [0.1, 0.15) is 0 Å². The molecule has 0 amide bonds. The van der Waals surface area contributed by atoms with Crippen LogP contribution in [-0.4, -0.2) is 36.3 Å². The minimum Gasteiger partial charge on any atom is -0.493 e. The lowest BCUT2D eigenvalue weighted by Gasteiger charge is -2.26. The number of benzene rings is 2. The van der Waals surface area contributed by atoms with Crippen LogP contribution in [0.25, 0.3) is 17.0 Å². The average Bonchev–Trinajstić information content (AvgIpc) is 3.43. The molecular formula is C27H24BrN3O5S. The van der Waals surface area contributed by atoms with Gasteiger partial charge in [-0.3, -0.25) is 9.36 Å². The number of ether oxygens (including phenoxy) is 3. The number of aromatic amines is 1. The van der Waals surface area contributed by atoms with Crippen molar-refractivity contribution in [2.75, 3.05) is 20.8 Å². The molecule has 0 saturated heterocycles. The Morgan fingerprint density at radius 1 is 1.22 bits per heavy atom. The molecule has 5 rings (SSSR count). The van der Waals surface area contributed by atoms with E-state index in [1.165, 1.54) is 18.4 Å². The molecule has 0 unspecified atom stereocenters. The summed E-state index contributed by atoms with van der Waals surface area (Å²) in [5.74, 6) is 0.462. The highest BCUT2D eigenvalue weighted by Crippen LogP contribution is 2.40. The number of halogens is 1. The van der Waals surface area contributed by atoms with Crippen molar-refractivity contribution >= 4 is 50.2 Å². The van der Waals surface area contributed by atoms with Crippen molar-refractivity contribution in [3.05, 3.63) is 89.2 Å². The molecule has 1 atom stereocenters. The van der Waals surface area contributed by atoms with Gasteiger partial charge in [0.05, 0.1) is 42.7 Å². The number of carbonyl (C=O) groups is 1. The minimum atomic E-state index is -0.783. The van der Waals surface area contributed by atoms with Gasteiger partial charge in [-0.25, -0.2) is 9.79 Å². The number of hydrogen-bond donors (Lipinski definition) is 1. The maximum Gasteiger partial charge on any atom is 0.338 e. The Balaban J connectivity index is 1.78. The van der Waals surface area contributed by atoms with E-state index >= 15 is 0 Å². The minimum absolute atomic E-state index is 0.195. The maximum atomic E-state index is 13.9. The number of carbonyl (C=O) groups excluding carboxylic acids is 1. The largest absolute Gasteiger partial charge is 0.493 e. The summed E-state index contributed by atoms with van der Waals surface area (Å²) in [5.41, 5.74) is 3.05. The number of H-pyrrole nitrogens is 1. The van der Waals surface area contributed by atoms with Gasteiger partial charge in [-0.2, -0.15) is 0 Å². The van der Waals surface area contributed by atoms with Crippen molar-refractivity contribution in [2.24, 2.45) is 4.99 Å². The van der Waals surface area contributed by atoms with Crippen LogP contribution in [0.5, 0.6) is 11.5 Å². The first-order valence-electron chi connectivity index (χ1n) is 11.5. The van der Waals surface area contributed by atoms with E-state index in [2.05, 4.69) is 25.9 Å². The van der Waals surface area contributed by atoms with Crippen molar-refractivity contribution in [2.45, 2.75) is 19.9 Å². The molecule has 3 heterocycles. The fraction of sp³-hybridized carbons (Fsp3) is 0.222. The summed E-state index contributed by atoms with van der Waals surface area (Å²) in [6.45, 7) is 3.69. The lowest BCUT2D eigenvalue weighted by atomic mass is 9.95. The average molecular weight is 582 g/mol. The van der Waals surface area contributed by atoms with E-state index in [0.717, 1.165) is 16.5 Å². The SMILES string of the molecule is CCOC(=O)C1=C(C)N=c2s/c(=C\c3c[nH]c4ccccc34)c(=O)n2[C@H]1c1cc(OC)c(OC)cc1Br. The summed E-state index contributed by atoms with van der Waals surface area (Å²) in [5, 5.41) is 1.01. The molecule has 0 spiro atoms. The molecule has 0 saturated carbocycles. The summed E-state index contributed by atoms with van der Waals surface area (Å²) >= 11 is 4.89. The molecule has 37 heavy (non-hydrogen) atoms. The number of hydrogen-bond acceptors (Lipinski definition) is 7. The molecular weight excluding hydrogens is 558 g/mol. The molecule has 1 aliphatic rings. The van der Waals surface area contributed by atoms with E-state index in [1.54, 1.807) is 37.7 Å². The molecule has 10 heteroatoms. The van der Waals surface area contributed by atoms with Crippen LogP contribution in [0.4, 0.5) is 0 Å². The number of rotatable bonds is 6. The first-order valence-corrected chi connectivity index (χ1v) is 13.2. The second kappa shape index (κ2) is 10.0. The van der Waals surface area contributed by atoms with Gasteiger partial charge < -0.3 is 19.2 Å². The molecule has 2 aromatic heterocycles. The molecule has 4 aromatic rings. The molecule has 1 N–H and O–H groups in total. The van der Waals surface area contributed by atoms with Crippen molar-refractivity contribution in [3.8, 4) is 11.5 Å². The zero-order chi connectivity index (χ0) is 26.3. The van der Waals surface area contributed by atoms with Crippen LogP contribution >= 0.6 is 27.3 Å². The van der Waals surface area contributed by atoms with Crippen molar-refractivity contribution in [1.82, 2.24) is 9.55 Å². The van der Waals surface area contributed by atoms with E-state index in [4.69, 9.17) is 14.2 Å². The number of thiazole rings is 1. The van der Waals surface area contributed by atoms with Crippen molar-refractivity contribution in [1.29, 1.82) is 0 Å². The monoisotopic (exact) mass is 581 g/mol. The molecule has 1 aliphatic heterocycles. The number of para-hydroxylation sites is 1. The maximum absolute atomic E-state index is 13.9. The summed E-state index contributed by atoms with van der Waals surface area (Å²) in [7, 11) is 3.08. The number of nitrogens with one attached hydrogen (secondary N) is 1. The molecule has 0 aliphatic carbocycles. The molecule has 0 radical (unpaired) electrons. The molecule has 190 valence electrons. The first kappa shape index (κ1) is 25.0. The first-order chi connectivity index (χ1) is 17.9. The van der Waals surface area contributed by atoms with Gasteiger partial charge >= 0.3 is 5.97 Å². The second-order valence-electron chi connectivity index (χ2n) is 8.32. The van der Waals surface area contributed by atoms with Gasteiger partial charge in [0.2, 0.25) is 0 Å². The van der Waals surface area contributed by atoms with Gasteiger partial charge in [0.25, 0.3) is 5.56 Å². The fourth-order valence-electron chi connectivity index (χ4n) is 4.52. The van der Waals surface area contributed by atoms with Gasteiger partial charge in [-0.15, -0.1) is 0 Å². The Labute approximate surface area is 224 Å². The Morgan fingerprint density at radius 2 is 1.95 bits per heavy atom. The van der Waals surface area contributed by atoms with Crippen LogP contribution in [0.15, 0.2) is 68.1 Å². The number of fused-ring (bicyclic) bond motifs is 2. The Kier molecular flexibility index (Phi) is 6.78. The van der Waals surface area contributed by atoms with Gasteiger partial charge in [-0.1, -0.05) is 45.5 Å². The van der Waals surface area contributed by atoms with E-state index in [-0.39, 0.29) is 12.2 Å². The number of esters is 1. The van der Waals surface area contributed by atoms with Crippen LogP contribution in [-0.2, 0) is 9.53 Å². The molecule has 2 aromatic carbocycles. The third kappa shape index (κ3) is 4.30. The van der Waals surface area contributed by atoms with E-state index in [1.807, 2.05) is 36.5 Å². The topological polar surface area (TPSA) is 94.9 Å². The highest BCUT2D eigenvalue weighted by atomic mass is 79.9. The summed E-state index contributed by atoms with van der Waals surface area (Å²) in [4.78, 5) is 35.5.